The third kappa shape index (κ3) is 5.72. The minimum Gasteiger partial charge on any atom is -0.359 e. The summed E-state index contributed by atoms with van der Waals surface area (Å²) < 4.78 is 0. The van der Waals surface area contributed by atoms with E-state index in [4.69, 9.17) is 0 Å². The van der Waals surface area contributed by atoms with Crippen LogP contribution in [0.2, 0.25) is 0 Å². The van der Waals surface area contributed by atoms with Gasteiger partial charge in [-0.05, 0) is 26.0 Å². The number of nitrogens with zero attached hydrogens (tertiary/aromatic N) is 4. The van der Waals surface area contributed by atoms with Gasteiger partial charge in [-0.1, -0.05) is 6.07 Å². The molecule has 8 heteroatoms. The standard InChI is InChI=1S/C17H28N6O.HI/c1-17(2,15(24)18-3)13-21-16(19-4)23-11-9-22(10-12-23)14-7-5-6-8-20-14;/h5-8H,9-13H2,1-4H3,(H,18,24)(H,19,21);1H. The first-order valence-electron chi connectivity index (χ1n) is 8.31. The molecule has 1 fully saturated rings. The molecule has 1 aromatic heterocycles. The van der Waals surface area contributed by atoms with E-state index in [1.165, 1.54) is 0 Å². The highest BCUT2D eigenvalue weighted by atomic mass is 127. The molecule has 2 N–H and O–H groups in total. The third-order valence-corrected chi connectivity index (χ3v) is 4.29. The number of carbonyl (C=O) groups excluding carboxylic acids is 1. The molecule has 0 saturated carbocycles. The lowest BCUT2D eigenvalue weighted by atomic mass is 9.92. The highest BCUT2D eigenvalue weighted by Crippen LogP contribution is 2.15. The van der Waals surface area contributed by atoms with E-state index in [0.29, 0.717) is 6.54 Å². The van der Waals surface area contributed by atoms with Gasteiger partial charge < -0.3 is 20.4 Å². The molecule has 1 saturated heterocycles. The van der Waals surface area contributed by atoms with Gasteiger partial charge in [0.2, 0.25) is 5.91 Å². The number of rotatable bonds is 4. The van der Waals surface area contributed by atoms with Crippen LogP contribution in [0.1, 0.15) is 13.8 Å². The van der Waals surface area contributed by atoms with Crippen LogP contribution in [-0.2, 0) is 4.79 Å². The summed E-state index contributed by atoms with van der Waals surface area (Å²) in [5, 5.41) is 6.03. The molecule has 0 spiro atoms. The van der Waals surface area contributed by atoms with Crippen LogP contribution >= 0.6 is 24.0 Å². The Kier molecular flexibility index (Phi) is 8.40. The minimum atomic E-state index is -0.486. The first kappa shape index (κ1) is 21.5. The highest BCUT2D eigenvalue weighted by Gasteiger charge is 2.28. The van der Waals surface area contributed by atoms with E-state index < -0.39 is 5.41 Å². The smallest absolute Gasteiger partial charge is 0.227 e. The number of hydrogen-bond donors (Lipinski definition) is 2. The fourth-order valence-electron chi connectivity index (χ4n) is 2.74. The number of halogens is 1. The molecule has 7 nitrogen and oxygen atoms in total. The Morgan fingerprint density at radius 2 is 1.96 bits per heavy atom. The van der Waals surface area contributed by atoms with Crippen molar-refractivity contribution in [3.05, 3.63) is 24.4 Å². The molecule has 0 atom stereocenters. The maximum atomic E-state index is 11.9. The Balaban J connectivity index is 0.00000312. The summed E-state index contributed by atoms with van der Waals surface area (Å²) in [6.45, 7) is 7.93. The number of aromatic nitrogens is 1. The van der Waals surface area contributed by atoms with Crippen molar-refractivity contribution in [1.82, 2.24) is 20.5 Å². The maximum Gasteiger partial charge on any atom is 0.227 e. The second-order valence-electron chi connectivity index (χ2n) is 6.53. The van der Waals surface area contributed by atoms with Gasteiger partial charge in [0.25, 0.3) is 0 Å². The fourth-order valence-corrected chi connectivity index (χ4v) is 2.74. The number of aliphatic imine (C=N–C) groups is 1. The molecule has 0 radical (unpaired) electrons. The lowest BCUT2D eigenvalue weighted by molar-refractivity contribution is -0.128. The van der Waals surface area contributed by atoms with Crippen LogP contribution in [-0.4, -0.2) is 68.6 Å². The van der Waals surface area contributed by atoms with Gasteiger partial charge in [-0.25, -0.2) is 4.98 Å². The number of nitrogens with one attached hydrogen (secondary N) is 2. The molecule has 1 aliphatic rings. The van der Waals surface area contributed by atoms with Gasteiger partial charge in [0.15, 0.2) is 5.96 Å². The van der Waals surface area contributed by atoms with Gasteiger partial charge in [-0.15, -0.1) is 24.0 Å². The van der Waals surface area contributed by atoms with E-state index in [9.17, 15) is 4.79 Å². The van der Waals surface area contributed by atoms with Crippen LogP contribution in [0.25, 0.3) is 0 Å². The molecule has 1 amide bonds. The number of pyridine rings is 1. The number of guanidine groups is 1. The average Bonchev–Trinajstić information content (AvgIpc) is 2.62. The Bertz CT molecular complexity index is 570. The third-order valence-electron chi connectivity index (χ3n) is 4.29. The van der Waals surface area contributed by atoms with Crippen molar-refractivity contribution >= 4 is 41.7 Å². The fraction of sp³-hybridized carbons (Fsp3) is 0.588. The van der Waals surface area contributed by atoms with Crippen LogP contribution in [0.4, 0.5) is 5.82 Å². The van der Waals surface area contributed by atoms with E-state index in [1.54, 1.807) is 14.1 Å². The summed E-state index contributed by atoms with van der Waals surface area (Å²) >= 11 is 0. The molecule has 0 unspecified atom stereocenters. The summed E-state index contributed by atoms with van der Waals surface area (Å²) in [6, 6.07) is 5.98. The zero-order valence-electron chi connectivity index (χ0n) is 15.5. The summed E-state index contributed by atoms with van der Waals surface area (Å²) in [5.41, 5.74) is -0.486. The van der Waals surface area contributed by atoms with E-state index in [0.717, 1.165) is 38.0 Å². The second kappa shape index (κ2) is 9.79. The summed E-state index contributed by atoms with van der Waals surface area (Å²) in [6.07, 6.45) is 1.82. The van der Waals surface area contributed by atoms with Gasteiger partial charge in [-0.3, -0.25) is 9.79 Å². The number of carbonyl (C=O) groups is 1. The number of amides is 1. The van der Waals surface area contributed by atoms with Crippen molar-refractivity contribution in [3.8, 4) is 0 Å². The molecule has 1 aliphatic heterocycles. The Morgan fingerprint density at radius 3 is 2.48 bits per heavy atom. The van der Waals surface area contributed by atoms with E-state index in [-0.39, 0.29) is 29.9 Å². The van der Waals surface area contributed by atoms with Crippen molar-refractivity contribution in [3.63, 3.8) is 0 Å². The van der Waals surface area contributed by atoms with Gasteiger partial charge in [0, 0.05) is 53.0 Å². The van der Waals surface area contributed by atoms with Gasteiger partial charge in [-0.2, -0.15) is 0 Å². The van der Waals surface area contributed by atoms with Crippen molar-refractivity contribution in [2.75, 3.05) is 51.7 Å². The van der Waals surface area contributed by atoms with E-state index in [2.05, 4.69) is 30.4 Å². The summed E-state index contributed by atoms with van der Waals surface area (Å²) in [7, 11) is 3.44. The predicted octanol–water partition coefficient (Wildman–Crippen LogP) is 1.17. The van der Waals surface area contributed by atoms with Gasteiger partial charge in [0.1, 0.15) is 5.82 Å². The first-order chi connectivity index (χ1) is 11.5. The Hall–Kier alpha value is -1.58. The van der Waals surface area contributed by atoms with Crippen molar-refractivity contribution in [1.29, 1.82) is 0 Å². The lowest BCUT2D eigenvalue weighted by Gasteiger charge is -2.37. The molecule has 1 aromatic rings. The summed E-state index contributed by atoms with van der Waals surface area (Å²) in [5.74, 6) is 1.87. The predicted molar refractivity (Wildman–Crippen MR) is 113 cm³/mol. The maximum absolute atomic E-state index is 11.9. The largest absolute Gasteiger partial charge is 0.359 e. The second-order valence-corrected chi connectivity index (χ2v) is 6.53. The summed E-state index contributed by atoms with van der Waals surface area (Å²) in [4.78, 5) is 25.2. The monoisotopic (exact) mass is 460 g/mol. The molecule has 140 valence electrons. The zero-order valence-corrected chi connectivity index (χ0v) is 17.8. The van der Waals surface area contributed by atoms with Crippen LogP contribution in [0.5, 0.6) is 0 Å². The Labute approximate surface area is 167 Å². The van der Waals surface area contributed by atoms with E-state index >= 15 is 0 Å². The molecule has 2 rings (SSSR count). The van der Waals surface area contributed by atoms with E-state index in [1.807, 2.05) is 38.2 Å². The van der Waals surface area contributed by atoms with Crippen molar-refractivity contribution < 1.29 is 4.79 Å². The number of anilines is 1. The van der Waals surface area contributed by atoms with Crippen LogP contribution in [0, 0.1) is 5.41 Å². The molecule has 25 heavy (non-hydrogen) atoms. The molecule has 2 heterocycles. The van der Waals surface area contributed by atoms with Crippen molar-refractivity contribution in [2.45, 2.75) is 13.8 Å². The van der Waals surface area contributed by atoms with Crippen molar-refractivity contribution in [2.24, 2.45) is 10.4 Å². The molecule has 0 aromatic carbocycles. The molecule has 0 bridgehead atoms. The van der Waals surface area contributed by atoms with Crippen LogP contribution < -0.4 is 15.5 Å². The highest BCUT2D eigenvalue weighted by molar-refractivity contribution is 14.0. The normalized spacial score (nSPS) is 15.4. The number of piperazine rings is 1. The molecular formula is C17H29IN6O. The van der Waals surface area contributed by atoms with Gasteiger partial charge in [0.05, 0.1) is 5.41 Å². The topological polar surface area (TPSA) is 72.9 Å². The number of hydrogen-bond acceptors (Lipinski definition) is 4. The average molecular weight is 460 g/mol. The van der Waals surface area contributed by atoms with Crippen LogP contribution in [0.3, 0.4) is 0 Å². The first-order valence-corrected chi connectivity index (χ1v) is 8.31. The zero-order chi connectivity index (χ0) is 17.6. The Morgan fingerprint density at radius 1 is 1.28 bits per heavy atom. The van der Waals surface area contributed by atoms with Crippen LogP contribution in [0.15, 0.2) is 29.4 Å². The van der Waals surface area contributed by atoms with Gasteiger partial charge >= 0.3 is 0 Å². The molecular weight excluding hydrogens is 431 g/mol. The molecule has 0 aliphatic carbocycles. The lowest BCUT2D eigenvalue weighted by Crippen LogP contribution is -2.54. The minimum absolute atomic E-state index is 0. The quantitative estimate of drug-likeness (QED) is 0.401. The SMILES string of the molecule is CN=C(NCC(C)(C)C(=O)NC)N1CCN(c2ccccn2)CC1.I.